The fourth-order valence-corrected chi connectivity index (χ4v) is 6.79. The molecule has 0 bridgehead atoms. The number of carbonyl (C=O) groups excluding carboxylic acids is 3. The number of esters is 3. The Balaban J connectivity index is 4.53. The van der Waals surface area contributed by atoms with Crippen LogP contribution in [0.25, 0.3) is 0 Å². The molecule has 0 saturated carbocycles. The van der Waals surface area contributed by atoms with Gasteiger partial charge in [-0.1, -0.05) is 258 Å². The van der Waals surface area contributed by atoms with E-state index in [0.29, 0.717) is 19.3 Å². The number of unbranched alkanes of at least 4 members (excludes halogenated alkanes) is 22. The van der Waals surface area contributed by atoms with Gasteiger partial charge in [0, 0.05) is 19.3 Å². The fourth-order valence-electron chi connectivity index (χ4n) is 6.79. The monoisotopic (exact) mass is 899 g/mol. The predicted octanol–water partition coefficient (Wildman–Crippen LogP) is 17.3. The molecular weight excluding hydrogens is 805 g/mol. The van der Waals surface area contributed by atoms with E-state index in [1.165, 1.54) is 77.0 Å². The van der Waals surface area contributed by atoms with Crippen LogP contribution in [-0.2, 0) is 28.6 Å². The van der Waals surface area contributed by atoms with Gasteiger partial charge in [0.25, 0.3) is 0 Å². The second-order valence-electron chi connectivity index (χ2n) is 16.9. The normalized spacial score (nSPS) is 13.1. The van der Waals surface area contributed by atoms with E-state index < -0.39 is 6.10 Å². The summed E-state index contributed by atoms with van der Waals surface area (Å²) in [6.45, 7) is 6.34. The molecule has 0 amide bonds. The maximum atomic E-state index is 12.8. The second-order valence-corrected chi connectivity index (χ2v) is 16.9. The summed E-state index contributed by atoms with van der Waals surface area (Å²) in [5.41, 5.74) is 0. The zero-order valence-electron chi connectivity index (χ0n) is 41.7. The third-order valence-electron chi connectivity index (χ3n) is 10.7. The van der Waals surface area contributed by atoms with Crippen molar-refractivity contribution < 1.29 is 28.6 Å². The molecule has 366 valence electrons. The van der Waals surface area contributed by atoms with Gasteiger partial charge < -0.3 is 14.2 Å². The molecule has 0 heterocycles. The maximum absolute atomic E-state index is 12.8. The Kier molecular flexibility index (Phi) is 49.1. The van der Waals surface area contributed by atoms with Crippen LogP contribution in [0.3, 0.4) is 0 Å². The lowest BCUT2D eigenvalue weighted by molar-refractivity contribution is -0.167. The van der Waals surface area contributed by atoms with Crippen LogP contribution >= 0.6 is 0 Å². The first-order chi connectivity index (χ1) is 32.0. The average molecular weight is 899 g/mol. The Morgan fingerprint density at radius 3 is 1.02 bits per heavy atom. The minimum atomic E-state index is -0.813. The van der Waals surface area contributed by atoms with E-state index in [2.05, 4.69) is 57.2 Å². The van der Waals surface area contributed by atoms with Gasteiger partial charge in [-0.25, -0.2) is 0 Å². The average Bonchev–Trinajstić information content (AvgIpc) is 3.30. The molecular formula is C59H94O6. The van der Waals surface area contributed by atoms with Crippen LogP contribution in [0.2, 0.25) is 0 Å². The topological polar surface area (TPSA) is 78.9 Å². The van der Waals surface area contributed by atoms with Crippen molar-refractivity contribution in [2.75, 3.05) is 13.2 Å². The van der Waals surface area contributed by atoms with Gasteiger partial charge in [-0.05, 0) is 57.8 Å². The molecule has 0 spiro atoms. The molecule has 0 aliphatic heterocycles. The summed E-state index contributed by atoms with van der Waals surface area (Å²) < 4.78 is 16.8. The summed E-state index contributed by atoms with van der Waals surface area (Å²) in [5, 5.41) is 0. The first-order valence-electron chi connectivity index (χ1n) is 26.2. The SMILES string of the molecule is CC\C=C/C=C\C=C/C=C\C=C/CCCCCC(=O)OC(COC(=O)CCCCCCC\C=C/C=C\C=C/C=C\C=C/CCC)COC(=O)CCCCCCCCCCCCCCCC. The fraction of sp³-hybridized carbons (Fsp3) is 0.610. The standard InChI is InChI=1S/C59H94O6/c1-4-7-10-13-16-19-22-25-28-29-30-32-34-37-40-43-46-49-52-58(61)64-55-56(54-63-57(60)51-48-45-42-39-36-33-27-24-21-18-15-12-9-6-3)65-59(62)53-50-47-44-41-38-35-31-26-23-20-17-14-11-8-5-2/h8,10-11,13-14,16-17,19-20,22-23,25-26,28-32,35,38,56H,4-7,9,12,15,18,21,24,27,33-34,36-37,39-55H2,1-3H3/b11-8-,13-10-,17-14-,19-16-,23-20-,25-22-,29-28-,31-26-,32-30-,38-35-. The van der Waals surface area contributed by atoms with Gasteiger partial charge in [-0.15, -0.1) is 0 Å². The van der Waals surface area contributed by atoms with Gasteiger partial charge in [-0.2, -0.15) is 0 Å². The number of hydrogen-bond donors (Lipinski definition) is 0. The van der Waals surface area contributed by atoms with Crippen LogP contribution in [0.15, 0.2) is 122 Å². The van der Waals surface area contributed by atoms with Crippen LogP contribution in [0.1, 0.15) is 213 Å². The Bertz CT molecular complexity index is 1400. The molecule has 0 saturated heterocycles. The number of hydrogen-bond acceptors (Lipinski definition) is 6. The minimum absolute atomic E-state index is 0.106. The first kappa shape index (κ1) is 60.8. The van der Waals surface area contributed by atoms with Gasteiger partial charge in [0.05, 0.1) is 0 Å². The van der Waals surface area contributed by atoms with E-state index in [-0.39, 0.29) is 37.5 Å². The lowest BCUT2D eigenvalue weighted by atomic mass is 10.0. The predicted molar refractivity (Wildman–Crippen MR) is 279 cm³/mol. The lowest BCUT2D eigenvalue weighted by Gasteiger charge is -2.18. The zero-order valence-corrected chi connectivity index (χ0v) is 41.7. The highest BCUT2D eigenvalue weighted by Gasteiger charge is 2.19. The van der Waals surface area contributed by atoms with Gasteiger partial charge in [-0.3, -0.25) is 14.4 Å². The van der Waals surface area contributed by atoms with Crippen LogP contribution in [0.5, 0.6) is 0 Å². The summed E-state index contributed by atoms with van der Waals surface area (Å²) in [4.78, 5) is 38.0. The maximum Gasteiger partial charge on any atom is 0.306 e. The van der Waals surface area contributed by atoms with Crippen LogP contribution in [-0.4, -0.2) is 37.2 Å². The van der Waals surface area contributed by atoms with Gasteiger partial charge >= 0.3 is 17.9 Å². The highest BCUT2D eigenvalue weighted by molar-refractivity contribution is 5.71. The molecule has 0 aromatic rings. The summed E-state index contributed by atoms with van der Waals surface area (Å²) >= 11 is 0. The number of ether oxygens (including phenoxy) is 3. The molecule has 0 radical (unpaired) electrons. The Labute approximate surface area is 399 Å². The third-order valence-corrected chi connectivity index (χ3v) is 10.7. The van der Waals surface area contributed by atoms with E-state index in [1.54, 1.807) is 0 Å². The van der Waals surface area contributed by atoms with Gasteiger partial charge in [0.1, 0.15) is 13.2 Å². The Morgan fingerprint density at radius 1 is 0.323 bits per heavy atom. The van der Waals surface area contributed by atoms with Crippen molar-refractivity contribution in [3.63, 3.8) is 0 Å². The third kappa shape index (κ3) is 50.7. The molecule has 1 unspecified atom stereocenters. The number of allylic oxidation sites excluding steroid dienone is 20. The van der Waals surface area contributed by atoms with Crippen molar-refractivity contribution in [1.82, 2.24) is 0 Å². The van der Waals surface area contributed by atoms with Crippen molar-refractivity contribution in [1.29, 1.82) is 0 Å². The van der Waals surface area contributed by atoms with Crippen LogP contribution < -0.4 is 0 Å². The van der Waals surface area contributed by atoms with E-state index >= 15 is 0 Å². The largest absolute Gasteiger partial charge is 0.462 e. The number of rotatable bonds is 45. The van der Waals surface area contributed by atoms with Crippen LogP contribution in [0, 0.1) is 0 Å². The zero-order chi connectivity index (χ0) is 47.2. The molecule has 0 aromatic heterocycles. The molecule has 0 aliphatic carbocycles. The van der Waals surface area contributed by atoms with Crippen LogP contribution in [0.4, 0.5) is 0 Å². The van der Waals surface area contributed by atoms with E-state index in [1.807, 2.05) is 85.1 Å². The molecule has 6 nitrogen and oxygen atoms in total. The molecule has 0 rings (SSSR count). The molecule has 0 aromatic carbocycles. The second kappa shape index (κ2) is 52.4. The number of carbonyl (C=O) groups is 3. The van der Waals surface area contributed by atoms with Crippen molar-refractivity contribution in [2.45, 2.75) is 219 Å². The van der Waals surface area contributed by atoms with Crippen molar-refractivity contribution in [3.05, 3.63) is 122 Å². The van der Waals surface area contributed by atoms with Gasteiger partial charge in [0.15, 0.2) is 6.10 Å². The molecule has 0 fully saturated rings. The molecule has 6 heteroatoms. The molecule has 65 heavy (non-hydrogen) atoms. The lowest BCUT2D eigenvalue weighted by Crippen LogP contribution is -2.30. The Morgan fingerprint density at radius 2 is 0.631 bits per heavy atom. The summed E-state index contributed by atoms with van der Waals surface area (Å²) in [6.07, 6.45) is 71.7. The minimum Gasteiger partial charge on any atom is -0.462 e. The highest BCUT2D eigenvalue weighted by atomic mass is 16.6. The van der Waals surface area contributed by atoms with E-state index in [4.69, 9.17) is 14.2 Å². The van der Waals surface area contributed by atoms with E-state index in [9.17, 15) is 14.4 Å². The van der Waals surface area contributed by atoms with Crippen molar-refractivity contribution in [2.24, 2.45) is 0 Å². The Hall–Kier alpha value is -4.19. The molecule has 1 atom stereocenters. The summed E-state index contributed by atoms with van der Waals surface area (Å²) in [5.74, 6) is -0.979. The molecule has 0 aliphatic rings. The first-order valence-corrected chi connectivity index (χ1v) is 26.2. The quantitative estimate of drug-likeness (QED) is 0.0262. The van der Waals surface area contributed by atoms with Crippen molar-refractivity contribution >= 4 is 17.9 Å². The smallest absolute Gasteiger partial charge is 0.306 e. The van der Waals surface area contributed by atoms with Crippen molar-refractivity contribution in [3.8, 4) is 0 Å². The summed E-state index contributed by atoms with van der Waals surface area (Å²) in [7, 11) is 0. The summed E-state index contributed by atoms with van der Waals surface area (Å²) in [6, 6.07) is 0. The van der Waals surface area contributed by atoms with Gasteiger partial charge in [0.2, 0.25) is 0 Å². The molecule has 0 N–H and O–H groups in total. The highest BCUT2D eigenvalue weighted by Crippen LogP contribution is 2.15. The van der Waals surface area contributed by atoms with E-state index in [0.717, 1.165) is 89.9 Å².